The lowest BCUT2D eigenvalue weighted by molar-refractivity contribution is -0.137. The number of hydrogen-bond acceptors (Lipinski definition) is 4. The van der Waals surface area contributed by atoms with Crippen molar-refractivity contribution in [2.75, 3.05) is 0 Å². The van der Waals surface area contributed by atoms with E-state index in [-0.39, 0.29) is 24.6 Å². The summed E-state index contributed by atoms with van der Waals surface area (Å²) >= 11 is 3.33. The quantitative estimate of drug-likeness (QED) is 0.865. The Bertz CT molecular complexity index is 497. The summed E-state index contributed by atoms with van der Waals surface area (Å²) < 4.78 is 6.08. The van der Waals surface area contributed by atoms with Gasteiger partial charge in [-0.3, -0.25) is 4.79 Å². The Hall–Kier alpha value is -1.69. The molecular formula is C12H11BrN2O3. The van der Waals surface area contributed by atoms with Crippen molar-refractivity contribution in [2.45, 2.75) is 19.4 Å². The highest BCUT2D eigenvalue weighted by Crippen LogP contribution is 2.11. The number of ether oxygens (including phenoxy) is 1. The van der Waals surface area contributed by atoms with Crippen LogP contribution in [-0.4, -0.2) is 17.6 Å². The molecule has 1 aromatic carbocycles. The molecule has 0 bridgehead atoms. The molecule has 1 aliphatic rings. The maximum atomic E-state index is 11.6. The van der Waals surface area contributed by atoms with Crippen molar-refractivity contribution in [1.29, 1.82) is 0 Å². The zero-order chi connectivity index (χ0) is 13.0. The van der Waals surface area contributed by atoms with Crippen LogP contribution in [0.2, 0.25) is 0 Å². The summed E-state index contributed by atoms with van der Waals surface area (Å²) in [5, 5.41) is 3.67. The van der Waals surface area contributed by atoms with E-state index in [9.17, 15) is 9.59 Å². The molecule has 1 aliphatic heterocycles. The highest BCUT2D eigenvalue weighted by atomic mass is 79.9. The molecule has 0 spiro atoms. The lowest BCUT2D eigenvalue weighted by Crippen LogP contribution is -2.30. The van der Waals surface area contributed by atoms with Crippen molar-refractivity contribution >= 4 is 33.5 Å². The minimum absolute atomic E-state index is 0.181. The number of nitrogens with one attached hydrogen (secondary N) is 1. The molecule has 0 saturated carbocycles. The van der Waals surface area contributed by atoms with E-state index < -0.39 is 5.97 Å². The van der Waals surface area contributed by atoms with Crippen molar-refractivity contribution in [1.82, 2.24) is 5.43 Å². The van der Waals surface area contributed by atoms with E-state index in [1.807, 2.05) is 24.3 Å². The van der Waals surface area contributed by atoms with E-state index in [2.05, 4.69) is 26.5 Å². The maximum Gasteiger partial charge on any atom is 0.354 e. The van der Waals surface area contributed by atoms with E-state index in [0.717, 1.165) is 10.0 Å². The minimum atomic E-state index is -0.488. The first kappa shape index (κ1) is 12.8. The average Bonchev–Trinajstić information content (AvgIpc) is 2.38. The number of rotatable bonds is 3. The number of nitrogens with zero attached hydrogens (tertiary/aromatic N) is 1. The molecule has 6 heteroatoms. The predicted octanol–water partition coefficient (Wildman–Crippen LogP) is 1.76. The molecule has 1 heterocycles. The first-order chi connectivity index (χ1) is 8.65. The number of benzene rings is 1. The molecule has 0 unspecified atom stereocenters. The molecule has 0 aromatic heterocycles. The van der Waals surface area contributed by atoms with Gasteiger partial charge >= 0.3 is 5.97 Å². The highest BCUT2D eigenvalue weighted by Gasteiger charge is 2.19. The van der Waals surface area contributed by atoms with Crippen molar-refractivity contribution in [3.8, 4) is 0 Å². The Balaban J connectivity index is 1.88. The fourth-order valence-electron chi connectivity index (χ4n) is 1.43. The van der Waals surface area contributed by atoms with Gasteiger partial charge < -0.3 is 4.74 Å². The van der Waals surface area contributed by atoms with Gasteiger partial charge in [-0.2, -0.15) is 5.10 Å². The summed E-state index contributed by atoms with van der Waals surface area (Å²) in [7, 11) is 0. The van der Waals surface area contributed by atoms with E-state index in [1.165, 1.54) is 0 Å². The van der Waals surface area contributed by atoms with Crippen LogP contribution in [0.3, 0.4) is 0 Å². The Labute approximate surface area is 112 Å². The standard InChI is InChI=1S/C12H11BrN2O3/c13-9-3-1-8(2-4-9)7-18-12(17)10-5-6-11(16)15-14-10/h1-4H,5-7H2,(H,15,16). The Morgan fingerprint density at radius 2 is 2.06 bits per heavy atom. The maximum absolute atomic E-state index is 11.6. The van der Waals surface area contributed by atoms with Gasteiger partial charge in [0, 0.05) is 17.3 Å². The van der Waals surface area contributed by atoms with E-state index in [0.29, 0.717) is 6.42 Å². The zero-order valence-corrected chi connectivity index (χ0v) is 11.1. The van der Waals surface area contributed by atoms with Crippen molar-refractivity contribution < 1.29 is 14.3 Å². The molecule has 2 rings (SSSR count). The number of carbonyl (C=O) groups excluding carboxylic acids is 2. The molecule has 0 atom stereocenters. The largest absolute Gasteiger partial charge is 0.456 e. The number of hydrogen-bond donors (Lipinski definition) is 1. The highest BCUT2D eigenvalue weighted by molar-refractivity contribution is 9.10. The number of hydrazone groups is 1. The zero-order valence-electron chi connectivity index (χ0n) is 9.48. The van der Waals surface area contributed by atoms with Gasteiger partial charge in [-0.1, -0.05) is 28.1 Å². The van der Waals surface area contributed by atoms with Gasteiger partial charge in [0.1, 0.15) is 12.3 Å². The van der Waals surface area contributed by atoms with Crippen molar-refractivity contribution in [3.05, 3.63) is 34.3 Å². The van der Waals surface area contributed by atoms with Gasteiger partial charge in [-0.25, -0.2) is 10.2 Å². The second-order valence-corrected chi connectivity index (χ2v) is 4.71. The summed E-state index contributed by atoms with van der Waals surface area (Å²) in [6, 6.07) is 7.48. The van der Waals surface area contributed by atoms with Crippen LogP contribution in [0.25, 0.3) is 0 Å². The summed E-state index contributed by atoms with van der Waals surface area (Å²) in [6.45, 7) is 0.194. The van der Waals surface area contributed by atoms with Crippen LogP contribution in [0.1, 0.15) is 18.4 Å². The van der Waals surface area contributed by atoms with Crippen LogP contribution in [0, 0.1) is 0 Å². The molecule has 18 heavy (non-hydrogen) atoms. The molecule has 1 amide bonds. The third-order valence-corrected chi connectivity index (χ3v) is 2.95. The Kier molecular flexibility index (Phi) is 4.09. The van der Waals surface area contributed by atoms with E-state index >= 15 is 0 Å². The topological polar surface area (TPSA) is 67.8 Å². The van der Waals surface area contributed by atoms with Gasteiger partial charge in [0.15, 0.2) is 0 Å². The third-order valence-electron chi connectivity index (χ3n) is 2.42. The summed E-state index contributed by atoms with van der Waals surface area (Å²) in [5.74, 6) is -0.669. The number of halogens is 1. The molecule has 0 aliphatic carbocycles. The first-order valence-electron chi connectivity index (χ1n) is 5.42. The Morgan fingerprint density at radius 3 is 2.67 bits per heavy atom. The molecule has 0 fully saturated rings. The molecule has 94 valence electrons. The van der Waals surface area contributed by atoms with Crippen LogP contribution in [0.4, 0.5) is 0 Å². The van der Waals surface area contributed by atoms with Gasteiger partial charge in [-0.15, -0.1) is 0 Å². The fraction of sp³-hybridized carbons (Fsp3) is 0.250. The Morgan fingerprint density at radius 1 is 1.33 bits per heavy atom. The van der Waals surface area contributed by atoms with Gasteiger partial charge in [0.05, 0.1) is 0 Å². The normalized spacial score (nSPS) is 14.7. The average molecular weight is 311 g/mol. The van der Waals surface area contributed by atoms with Crippen LogP contribution in [0.15, 0.2) is 33.8 Å². The SMILES string of the molecule is O=C1CCC(C(=O)OCc2ccc(Br)cc2)=NN1. The minimum Gasteiger partial charge on any atom is -0.456 e. The van der Waals surface area contributed by atoms with Gasteiger partial charge in [0.25, 0.3) is 0 Å². The second-order valence-electron chi connectivity index (χ2n) is 3.80. The molecule has 1 aromatic rings. The number of esters is 1. The van der Waals surface area contributed by atoms with Crippen molar-refractivity contribution in [3.63, 3.8) is 0 Å². The van der Waals surface area contributed by atoms with Crippen LogP contribution in [-0.2, 0) is 20.9 Å². The summed E-state index contributed by atoms with van der Waals surface area (Å²) in [6.07, 6.45) is 0.594. The smallest absolute Gasteiger partial charge is 0.354 e. The monoisotopic (exact) mass is 310 g/mol. The number of carbonyl (C=O) groups is 2. The second kappa shape index (κ2) is 5.77. The molecule has 0 radical (unpaired) electrons. The first-order valence-corrected chi connectivity index (χ1v) is 6.21. The third kappa shape index (κ3) is 3.40. The summed E-state index contributed by atoms with van der Waals surface area (Å²) in [4.78, 5) is 22.5. The fourth-order valence-corrected chi connectivity index (χ4v) is 1.70. The molecule has 0 saturated heterocycles. The van der Waals surface area contributed by atoms with Crippen LogP contribution < -0.4 is 5.43 Å². The van der Waals surface area contributed by atoms with Crippen LogP contribution >= 0.6 is 15.9 Å². The van der Waals surface area contributed by atoms with Crippen molar-refractivity contribution in [2.24, 2.45) is 5.10 Å². The predicted molar refractivity (Wildman–Crippen MR) is 68.7 cm³/mol. The van der Waals surface area contributed by atoms with E-state index in [1.54, 1.807) is 0 Å². The van der Waals surface area contributed by atoms with Gasteiger partial charge in [-0.05, 0) is 17.7 Å². The molecular weight excluding hydrogens is 300 g/mol. The lowest BCUT2D eigenvalue weighted by atomic mass is 10.2. The summed E-state index contributed by atoms with van der Waals surface area (Å²) in [5.41, 5.74) is 3.41. The lowest BCUT2D eigenvalue weighted by Gasteiger charge is -2.11. The van der Waals surface area contributed by atoms with Crippen LogP contribution in [0.5, 0.6) is 0 Å². The molecule has 1 N–H and O–H groups in total. The van der Waals surface area contributed by atoms with E-state index in [4.69, 9.17) is 4.74 Å². The molecule has 5 nitrogen and oxygen atoms in total. The van der Waals surface area contributed by atoms with Gasteiger partial charge in [0.2, 0.25) is 5.91 Å². The number of amides is 1.